The first-order valence-electron chi connectivity index (χ1n) is 9.82. The van der Waals surface area contributed by atoms with Crippen LogP contribution in [0, 0.1) is 11.7 Å². The van der Waals surface area contributed by atoms with Gasteiger partial charge >= 0.3 is 5.97 Å². The van der Waals surface area contributed by atoms with Gasteiger partial charge in [-0.05, 0) is 42.2 Å². The average Bonchev–Trinajstić information content (AvgIpc) is 3.31. The van der Waals surface area contributed by atoms with Crippen LogP contribution in [0.15, 0.2) is 59.5 Å². The monoisotopic (exact) mass is 460 g/mol. The summed E-state index contributed by atoms with van der Waals surface area (Å²) in [6, 6.07) is 10.9. The van der Waals surface area contributed by atoms with Crippen LogP contribution in [0.25, 0.3) is 11.1 Å². The van der Waals surface area contributed by atoms with E-state index >= 15 is 0 Å². The number of hydrogen-bond acceptors (Lipinski definition) is 5. The molecule has 0 saturated carbocycles. The van der Waals surface area contributed by atoms with E-state index in [-0.39, 0.29) is 24.5 Å². The molecule has 2 atom stereocenters. The molecular formula is C23H22ClFN2O5. The summed E-state index contributed by atoms with van der Waals surface area (Å²) in [5.74, 6) is -2.67. The van der Waals surface area contributed by atoms with E-state index in [2.05, 4.69) is 10.3 Å². The summed E-state index contributed by atoms with van der Waals surface area (Å²) in [6.07, 6.45) is 2.86. The number of rotatable bonds is 10. The van der Waals surface area contributed by atoms with E-state index in [1.54, 1.807) is 30.3 Å². The summed E-state index contributed by atoms with van der Waals surface area (Å²) in [7, 11) is 1.42. The molecular weight excluding hydrogens is 439 g/mol. The number of hydrogen-bond donors (Lipinski definition) is 2. The van der Waals surface area contributed by atoms with Crippen molar-refractivity contribution in [2.24, 2.45) is 5.92 Å². The number of oxazole rings is 1. The van der Waals surface area contributed by atoms with Crippen molar-refractivity contribution >= 4 is 23.5 Å². The number of carboxylic acids is 1. The topological polar surface area (TPSA) is 102 Å². The van der Waals surface area contributed by atoms with Crippen LogP contribution in [0.4, 0.5) is 4.39 Å². The summed E-state index contributed by atoms with van der Waals surface area (Å²) >= 11 is 5.98. The second kappa shape index (κ2) is 10.9. The summed E-state index contributed by atoms with van der Waals surface area (Å²) in [4.78, 5) is 27.9. The predicted molar refractivity (Wildman–Crippen MR) is 116 cm³/mol. The van der Waals surface area contributed by atoms with Crippen molar-refractivity contribution in [3.8, 4) is 11.1 Å². The number of methoxy groups -OCH3 is 1. The minimum atomic E-state index is -1.01. The Hall–Kier alpha value is -3.23. The molecule has 7 nitrogen and oxygen atoms in total. The van der Waals surface area contributed by atoms with Crippen LogP contribution in [0.5, 0.6) is 0 Å². The molecule has 3 aromatic rings. The van der Waals surface area contributed by atoms with Crippen LogP contribution in [-0.2, 0) is 16.0 Å². The van der Waals surface area contributed by atoms with Crippen LogP contribution in [0.3, 0.4) is 0 Å². The van der Waals surface area contributed by atoms with Gasteiger partial charge in [0.25, 0.3) is 5.91 Å². The molecule has 0 aliphatic carbocycles. The van der Waals surface area contributed by atoms with Gasteiger partial charge in [0, 0.05) is 23.7 Å². The zero-order chi connectivity index (χ0) is 23.1. The SMILES string of the molecule is COCC(CC(Cc1ccc(-c2cc(Cl)ccc2F)cc1)NC(=O)c1cocn1)C(=O)O. The second-order valence-corrected chi connectivity index (χ2v) is 7.73. The lowest BCUT2D eigenvalue weighted by atomic mass is 9.94. The van der Waals surface area contributed by atoms with Crippen LogP contribution in [0.2, 0.25) is 5.02 Å². The number of halogens is 2. The number of amides is 1. The third kappa shape index (κ3) is 6.15. The molecule has 0 fully saturated rings. The lowest BCUT2D eigenvalue weighted by Crippen LogP contribution is -2.40. The molecule has 0 spiro atoms. The second-order valence-electron chi connectivity index (χ2n) is 7.30. The normalized spacial score (nSPS) is 12.8. The number of carbonyl (C=O) groups excluding carboxylic acids is 1. The molecule has 0 bridgehead atoms. The number of nitrogens with one attached hydrogen (secondary N) is 1. The van der Waals surface area contributed by atoms with Gasteiger partial charge in [-0.3, -0.25) is 9.59 Å². The first-order chi connectivity index (χ1) is 15.4. The van der Waals surface area contributed by atoms with Gasteiger partial charge < -0.3 is 19.6 Å². The molecule has 1 heterocycles. The number of aromatic nitrogens is 1. The van der Waals surface area contributed by atoms with Gasteiger partial charge in [-0.15, -0.1) is 0 Å². The van der Waals surface area contributed by atoms with Gasteiger partial charge in [-0.25, -0.2) is 9.37 Å². The Labute approximate surface area is 189 Å². The number of ether oxygens (including phenoxy) is 1. The van der Waals surface area contributed by atoms with Gasteiger partial charge in [0.2, 0.25) is 0 Å². The molecule has 32 heavy (non-hydrogen) atoms. The van der Waals surface area contributed by atoms with Crippen molar-refractivity contribution in [2.45, 2.75) is 18.9 Å². The Bertz CT molecular complexity index is 1060. The quantitative estimate of drug-likeness (QED) is 0.470. The van der Waals surface area contributed by atoms with Gasteiger partial charge in [0.15, 0.2) is 12.1 Å². The maximum Gasteiger partial charge on any atom is 0.308 e. The van der Waals surface area contributed by atoms with Gasteiger partial charge in [0.05, 0.1) is 12.5 Å². The van der Waals surface area contributed by atoms with E-state index in [4.69, 9.17) is 20.8 Å². The zero-order valence-electron chi connectivity index (χ0n) is 17.3. The number of nitrogens with zero attached hydrogens (tertiary/aromatic N) is 1. The van der Waals surface area contributed by atoms with Crippen molar-refractivity contribution in [1.82, 2.24) is 10.3 Å². The molecule has 2 aromatic carbocycles. The Morgan fingerprint density at radius 2 is 2.00 bits per heavy atom. The molecule has 168 valence electrons. The molecule has 0 aliphatic rings. The van der Waals surface area contributed by atoms with E-state index in [1.807, 2.05) is 0 Å². The van der Waals surface area contributed by atoms with Crippen molar-refractivity contribution in [2.75, 3.05) is 13.7 Å². The highest BCUT2D eigenvalue weighted by molar-refractivity contribution is 6.30. The van der Waals surface area contributed by atoms with E-state index in [0.29, 0.717) is 22.6 Å². The number of benzene rings is 2. The minimum Gasteiger partial charge on any atom is -0.481 e. The smallest absolute Gasteiger partial charge is 0.308 e. The van der Waals surface area contributed by atoms with E-state index < -0.39 is 23.8 Å². The number of aliphatic carboxylic acids is 1. The highest BCUT2D eigenvalue weighted by atomic mass is 35.5. The van der Waals surface area contributed by atoms with Crippen LogP contribution >= 0.6 is 11.6 Å². The molecule has 2 N–H and O–H groups in total. The Morgan fingerprint density at radius 1 is 1.25 bits per heavy atom. The van der Waals surface area contributed by atoms with Crippen LogP contribution < -0.4 is 5.32 Å². The third-order valence-electron chi connectivity index (χ3n) is 4.96. The Morgan fingerprint density at radius 3 is 2.62 bits per heavy atom. The highest BCUT2D eigenvalue weighted by Gasteiger charge is 2.25. The largest absolute Gasteiger partial charge is 0.481 e. The molecule has 3 rings (SSSR count). The lowest BCUT2D eigenvalue weighted by molar-refractivity contribution is -0.144. The fraction of sp³-hybridized carbons (Fsp3) is 0.261. The molecule has 9 heteroatoms. The first kappa shape index (κ1) is 23.4. The maximum absolute atomic E-state index is 14.1. The molecule has 0 aliphatic heterocycles. The molecule has 1 amide bonds. The molecule has 1 aromatic heterocycles. The van der Waals surface area contributed by atoms with Gasteiger partial charge in [-0.2, -0.15) is 0 Å². The summed E-state index contributed by atoms with van der Waals surface area (Å²) < 4.78 is 24.0. The third-order valence-corrected chi connectivity index (χ3v) is 5.20. The Kier molecular flexibility index (Phi) is 7.97. The van der Waals surface area contributed by atoms with Crippen LogP contribution in [-0.4, -0.2) is 41.7 Å². The van der Waals surface area contributed by atoms with Crippen LogP contribution in [0.1, 0.15) is 22.5 Å². The van der Waals surface area contributed by atoms with Crippen molar-refractivity contribution in [3.05, 3.63) is 77.2 Å². The highest BCUT2D eigenvalue weighted by Crippen LogP contribution is 2.26. The zero-order valence-corrected chi connectivity index (χ0v) is 18.0. The van der Waals surface area contributed by atoms with Gasteiger partial charge in [-0.1, -0.05) is 35.9 Å². The van der Waals surface area contributed by atoms with Crippen molar-refractivity contribution in [3.63, 3.8) is 0 Å². The van der Waals surface area contributed by atoms with Crippen molar-refractivity contribution < 1.29 is 28.2 Å². The van der Waals surface area contributed by atoms with Gasteiger partial charge in [0.1, 0.15) is 12.1 Å². The maximum atomic E-state index is 14.1. The Balaban J connectivity index is 1.79. The fourth-order valence-electron chi connectivity index (χ4n) is 3.39. The predicted octanol–water partition coefficient (Wildman–Crippen LogP) is 4.21. The minimum absolute atomic E-state index is 0.0125. The first-order valence-corrected chi connectivity index (χ1v) is 10.2. The van der Waals surface area contributed by atoms with Crippen molar-refractivity contribution in [1.29, 1.82) is 0 Å². The number of carboxylic acid groups (broad SMARTS) is 1. The van der Waals surface area contributed by atoms with E-state index in [9.17, 15) is 19.1 Å². The summed E-state index contributed by atoms with van der Waals surface area (Å²) in [6.45, 7) is 0.0125. The fourth-order valence-corrected chi connectivity index (χ4v) is 3.56. The summed E-state index contributed by atoms with van der Waals surface area (Å²) in [5.41, 5.74) is 1.97. The summed E-state index contributed by atoms with van der Waals surface area (Å²) in [5, 5.41) is 12.7. The molecule has 0 radical (unpaired) electrons. The lowest BCUT2D eigenvalue weighted by Gasteiger charge is -2.22. The average molecular weight is 461 g/mol. The van der Waals surface area contributed by atoms with E-state index in [1.165, 1.54) is 25.5 Å². The standard InChI is InChI=1S/C23H22ClFN2O5/c1-31-11-16(23(29)30)9-18(27-22(28)21-12-32-13-26-21)8-14-2-4-15(5-3-14)19-10-17(24)6-7-20(19)25/h2-7,10,12-13,16,18H,8-9,11H2,1H3,(H,27,28)(H,29,30). The molecule has 2 unspecified atom stereocenters. The number of carbonyl (C=O) groups is 2. The molecule has 0 saturated heterocycles. The van der Waals surface area contributed by atoms with E-state index in [0.717, 1.165) is 12.0 Å².